The van der Waals surface area contributed by atoms with Gasteiger partial charge in [0.15, 0.2) is 11.5 Å². The SMILES string of the molecule is C/C=C\c1ccc(OCc2nc3ccc(OC)cc3[nH]2)c(OC)c1. The highest BCUT2D eigenvalue weighted by atomic mass is 16.5. The number of ether oxygens (including phenoxy) is 3. The molecule has 0 fully saturated rings. The Morgan fingerprint density at radius 2 is 1.92 bits per heavy atom. The third-order valence-corrected chi connectivity index (χ3v) is 3.65. The van der Waals surface area contributed by atoms with E-state index < -0.39 is 0 Å². The predicted octanol–water partition coefficient (Wildman–Crippen LogP) is 4.19. The van der Waals surface area contributed by atoms with E-state index in [2.05, 4.69) is 9.97 Å². The molecule has 0 saturated carbocycles. The number of nitrogens with one attached hydrogen (secondary N) is 1. The van der Waals surface area contributed by atoms with Crippen LogP contribution in [0.15, 0.2) is 42.5 Å². The lowest BCUT2D eigenvalue weighted by Crippen LogP contribution is -1.99. The number of nitrogens with zero attached hydrogens (tertiary/aromatic N) is 1. The van der Waals surface area contributed by atoms with Crippen molar-refractivity contribution in [1.29, 1.82) is 0 Å². The van der Waals surface area contributed by atoms with Crippen molar-refractivity contribution in [1.82, 2.24) is 9.97 Å². The van der Waals surface area contributed by atoms with Crippen LogP contribution in [0.5, 0.6) is 17.2 Å². The lowest BCUT2D eigenvalue weighted by molar-refractivity contribution is 0.277. The van der Waals surface area contributed by atoms with Gasteiger partial charge in [-0.05, 0) is 36.8 Å². The summed E-state index contributed by atoms with van der Waals surface area (Å²) < 4.78 is 16.5. The average molecular weight is 324 g/mol. The second-order valence-corrected chi connectivity index (χ2v) is 5.27. The molecule has 0 saturated heterocycles. The average Bonchev–Trinajstić information content (AvgIpc) is 3.02. The van der Waals surface area contributed by atoms with Gasteiger partial charge >= 0.3 is 0 Å². The highest BCUT2D eigenvalue weighted by molar-refractivity contribution is 5.76. The van der Waals surface area contributed by atoms with Gasteiger partial charge in [-0.1, -0.05) is 18.2 Å². The number of hydrogen-bond acceptors (Lipinski definition) is 4. The molecule has 0 spiro atoms. The molecule has 0 aliphatic rings. The number of rotatable bonds is 6. The Hall–Kier alpha value is -2.95. The molecular formula is C19H20N2O3. The summed E-state index contributed by atoms with van der Waals surface area (Å²) in [5, 5.41) is 0. The van der Waals surface area contributed by atoms with Gasteiger partial charge in [0.05, 0.1) is 25.3 Å². The van der Waals surface area contributed by atoms with Crippen LogP contribution in [0.25, 0.3) is 17.1 Å². The zero-order chi connectivity index (χ0) is 16.9. The summed E-state index contributed by atoms with van der Waals surface area (Å²) in [6, 6.07) is 11.6. The van der Waals surface area contributed by atoms with Crippen molar-refractivity contribution in [2.45, 2.75) is 13.5 Å². The number of aromatic amines is 1. The first-order valence-corrected chi connectivity index (χ1v) is 7.69. The van der Waals surface area contributed by atoms with Crippen LogP contribution in [0, 0.1) is 0 Å². The lowest BCUT2D eigenvalue weighted by Gasteiger charge is -2.10. The summed E-state index contributed by atoms with van der Waals surface area (Å²) in [5.41, 5.74) is 2.87. The van der Waals surface area contributed by atoms with Crippen LogP contribution in [0.1, 0.15) is 18.3 Å². The third kappa shape index (κ3) is 3.35. The summed E-state index contributed by atoms with van der Waals surface area (Å²) in [6.07, 6.45) is 4.00. The van der Waals surface area contributed by atoms with Gasteiger partial charge < -0.3 is 19.2 Å². The Balaban J connectivity index is 1.77. The van der Waals surface area contributed by atoms with Crippen molar-refractivity contribution in [3.63, 3.8) is 0 Å². The Morgan fingerprint density at radius 1 is 1.04 bits per heavy atom. The van der Waals surface area contributed by atoms with Crippen molar-refractivity contribution >= 4 is 17.1 Å². The molecule has 0 bridgehead atoms. The minimum absolute atomic E-state index is 0.330. The first kappa shape index (κ1) is 15.9. The maximum atomic E-state index is 5.86. The van der Waals surface area contributed by atoms with Crippen LogP contribution in [-0.2, 0) is 6.61 Å². The van der Waals surface area contributed by atoms with Gasteiger partial charge in [-0.3, -0.25) is 0 Å². The lowest BCUT2D eigenvalue weighted by atomic mass is 10.2. The number of methoxy groups -OCH3 is 2. The molecule has 0 aliphatic carbocycles. The van der Waals surface area contributed by atoms with Gasteiger partial charge in [-0.15, -0.1) is 0 Å². The second kappa shape index (κ2) is 7.08. The normalized spacial score (nSPS) is 11.1. The van der Waals surface area contributed by atoms with Crippen molar-refractivity contribution in [3.8, 4) is 17.2 Å². The molecule has 1 N–H and O–H groups in total. The van der Waals surface area contributed by atoms with Crippen LogP contribution in [-0.4, -0.2) is 24.2 Å². The number of H-pyrrole nitrogens is 1. The zero-order valence-electron chi connectivity index (χ0n) is 14.0. The van der Waals surface area contributed by atoms with E-state index in [1.807, 2.05) is 55.5 Å². The molecule has 0 radical (unpaired) electrons. The van der Waals surface area contributed by atoms with Gasteiger partial charge in [-0.2, -0.15) is 0 Å². The zero-order valence-corrected chi connectivity index (χ0v) is 14.0. The van der Waals surface area contributed by atoms with E-state index in [9.17, 15) is 0 Å². The molecule has 5 nitrogen and oxygen atoms in total. The van der Waals surface area contributed by atoms with E-state index >= 15 is 0 Å². The summed E-state index contributed by atoms with van der Waals surface area (Å²) in [7, 11) is 3.28. The molecule has 0 aliphatic heterocycles. The number of hydrogen-bond donors (Lipinski definition) is 1. The molecule has 24 heavy (non-hydrogen) atoms. The maximum absolute atomic E-state index is 5.86. The molecule has 3 aromatic rings. The molecule has 0 unspecified atom stereocenters. The van der Waals surface area contributed by atoms with E-state index in [4.69, 9.17) is 14.2 Å². The van der Waals surface area contributed by atoms with Gasteiger partial charge in [0.1, 0.15) is 18.2 Å². The highest BCUT2D eigenvalue weighted by Gasteiger charge is 2.08. The standard InChI is InChI=1S/C19H20N2O3/c1-4-5-13-6-9-17(18(10-13)23-3)24-12-19-20-15-8-7-14(22-2)11-16(15)21-19/h4-11H,12H2,1-3H3,(H,20,21)/b5-4-. The molecule has 3 rings (SSSR count). The smallest absolute Gasteiger partial charge is 0.161 e. The van der Waals surface area contributed by atoms with Gasteiger partial charge in [0, 0.05) is 6.07 Å². The van der Waals surface area contributed by atoms with Crippen LogP contribution in [0.2, 0.25) is 0 Å². The summed E-state index contributed by atoms with van der Waals surface area (Å²) in [5.74, 6) is 2.92. The minimum atomic E-state index is 0.330. The number of allylic oxidation sites excluding steroid dienone is 1. The Labute approximate surface area is 140 Å². The quantitative estimate of drug-likeness (QED) is 0.738. The maximum Gasteiger partial charge on any atom is 0.161 e. The summed E-state index contributed by atoms with van der Waals surface area (Å²) in [4.78, 5) is 7.76. The predicted molar refractivity (Wildman–Crippen MR) is 94.7 cm³/mol. The van der Waals surface area contributed by atoms with Crippen molar-refractivity contribution < 1.29 is 14.2 Å². The molecule has 1 heterocycles. The van der Waals surface area contributed by atoms with E-state index in [0.29, 0.717) is 18.1 Å². The van der Waals surface area contributed by atoms with Crippen molar-refractivity contribution in [2.24, 2.45) is 0 Å². The van der Waals surface area contributed by atoms with Crippen LogP contribution in [0.3, 0.4) is 0 Å². The van der Waals surface area contributed by atoms with Crippen molar-refractivity contribution in [3.05, 3.63) is 53.9 Å². The highest BCUT2D eigenvalue weighted by Crippen LogP contribution is 2.29. The fourth-order valence-corrected chi connectivity index (χ4v) is 2.48. The van der Waals surface area contributed by atoms with Gasteiger partial charge in [-0.25, -0.2) is 4.98 Å². The fraction of sp³-hybridized carbons (Fsp3) is 0.211. The molecule has 0 atom stereocenters. The number of imidazole rings is 1. The van der Waals surface area contributed by atoms with Crippen LogP contribution in [0.4, 0.5) is 0 Å². The molecular weight excluding hydrogens is 304 g/mol. The number of aromatic nitrogens is 2. The summed E-state index contributed by atoms with van der Waals surface area (Å²) >= 11 is 0. The summed E-state index contributed by atoms with van der Waals surface area (Å²) in [6.45, 7) is 2.31. The van der Waals surface area contributed by atoms with Crippen molar-refractivity contribution in [2.75, 3.05) is 14.2 Å². The fourth-order valence-electron chi connectivity index (χ4n) is 2.48. The second-order valence-electron chi connectivity index (χ2n) is 5.27. The first-order chi connectivity index (χ1) is 11.7. The Morgan fingerprint density at radius 3 is 2.67 bits per heavy atom. The minimum Gasteiger partial charge on any atom is -0.497 e. The van der Waals surface area contributed by atoms with Crippen LogP contribution < -0.4 is 14.2 Å². The Kier molecular flexibility index (Phi) is 4.70. The van der Waals surface area contributed by atoms with Gasteiger partial charge in [0.2, 0.25) is 0 Å². The molecule has 124 valence electrons. The molecule has 2 aromatic carbocycles. The number of benzene rings is 2. The topological polar surface area (TPSA) is 56.4 Å². The van der Waals surface area contributed by atoms with Gasteiger partial charge in [0.25, 0.3) is 0 Å². The monoisotopic (exact) mass is 324 g/mol. The Bertz CT molecular complexity index is 868. The largest absolute Gasteiger partial charge is 0.497 e. The number of fused-ring (bicyclic) bond motifs is 1. The molecule has 1 aromatic heterocycles. The molecule has 5 heteroatoms. The van der Waals surface area contributed by atoms with E-state index in [1.54, 1.807) is 14.2 Å². The third-order valence-electron chi connectivity index (χ3n) is 3.65. The molecule has 0 amide bonds. The van der Waals surface area contributed by atoms with Crippen LogP contribution >= 0.6 is 0 Å². The van der Waals surface area contributed by atoms with E-state index in [1.165, 1.54) is 0 Å². The van der Waals surface area contributed by atoms with E-state index in [0.717, 1.165) is 28.2 Å². The van der Waals surface area contributed by atoms with E-state index in [-0.39, 0.29) is 0 Å². The first-order valence-electron chi connectivity index (χ1n) is 7.69.